The summed E-state index contributed by atoms with van der Waals surface area (Å²) in [7, 11) is 0. The second-order valence-corrected chi connectivity index (χ2v) is 3.34. The SMILES string of the molecule is C1=NC(=c2ccc(=C3N=CC=N3)cc2)N=C1. The van der Waals surface area contributed by atoms with Crippen LogP contribution >= 0.6 is 0 Å². The summed E-state index contributed by atoms with van der Waals surface area (Å²) in [5.74, 6) is 1.49. The molecule has 0 aliphatic carbocycles. The lowest BCUT2D eigenvalue weighted by Crippen LogP contribution is -2.10. The van der Waals surface area contributed by atoms with Gasteiger partial charge >= 0.3 is 0 Å². The summed E-state index contributed by atoms with van der Waals surface area (Å²) < 4.78 is 0. The summed E-state index contributed by atoms with van der Waals surface area (Å²) in [5.41, 5.74) is 0. The Hall–Kier alpha value is -2.36. The highest BCUT2D eigenvalue weighted by molar-refractivity contribution is 6.21. The fourth-order valence-corrected chi connectivity index (χ4v) is 1.55. The number of hydrogen-bond donors (Lipinski definition) is 0. The van der Waals surface area contributed by atoms with E-state index in [0.717, 1.165) is 22.1 Å². The van der Waals surface area contributed by atoms with Gasteiger partial charge in [-0.3, -0.25) is 0 Å². The molecule has 16 heavy (non-hydrogen) atoms. The Bertz CT molecular complexity index is 552. The smallest absolute Gasteiger partial charge is 0.159 e. The molecular formula is C12H8N4. The molecule has 0 radical (unpaired) electrons. The van der Waals surface area contributed by atoms with E-state index in [1.165, 1.54) is 0 Å². The summed E-state index contributed by atoms with van der Waals surface area (Å²) >= 11 is 0. The van der Waals surface area contributed by atoms with E-state index in [1.807, 2.05) is 24.3 Å². The van der Waals surface area contributed by atoms with E-state index in [1.54, 1.807) is 24.9 Å². The van der Waals surface area contributed by atoms with Crippen LogP contribution in [-0.2, 0) is 0 Å². The average Bonchev–Trinajstić information content (AvgIpc) is 3.03. The molecule has 2 aliphatic heterocycles. The van der Waals surface area contributed by atoms with Gasteiger partial charge in [0.05, 0.1) is 0 Å². The molecule has 0 saturated heterocycles. The molecule has 76 valence electrons. The van der Waals surface area contributed by atoms with Crippen molar-refractivity contribution in [2.75, 3.05) is 0 Å². The molecule has 4 nitrogen and oxygen atoms in total. The van der Waals surface area contributed by atoms with Crippen molar-refractivity contribution in [2.45, 2.75) is 0 Å². The molecule has 0 aromatic heterocycles. The van der Waals surface area contributed by atoms with Gasteiger partial charge < -0.3 is 0 Å². The number of benzene rings is 1. The van der Waals surface area contributed by atoms with Gasteiger partial charge in [-0.15, -0.1) is 0 Å². The lowest BCUT2D eigenvalue weighted by molar-refractivity contribution is 1.37. The van der Waals surface area contributed by atoms with Gasteiger partial charge in [0.1, 0.15) is 0 Å². The Balaban J connectivity index is 2.17. The van der Waals surface area contributed by atoms with Crippen molar-refractivity contribution in [3.63, 3.8) is 0 Å². The fraction of sp³-hybridized carbons (Fsp3) is 0. The zero-order chi connectivity index (χ0) is 10.8. The third-order valence-electron chi connectivity index (χ3n) is 2.32. The molecule has 4 heteroatoms. The van der Waals surface area contributed by atoms with E-state index in [4.69, 9.17) is 0 Å². The van der Waals surface area contributed by atoms with Gasteiger partial charge in [-0.05, 0) is 0 Å². The maximum atomic E-state index is 4.14. The summed E-state index contributed by atoms with van der Waals surface area (Å²) in [6.45, 7) is 0. The van der Waals surface area contributed by atoms with Crippen molar-refractivity contribution in [2.24, 2.45) is 20.0 Å². The molecular weight excluding hydrogens is 200 g/mol. The van der Waals surface area contributed by atoms with E-state index < -0.39 is 0 Å². The van der Waals surface area contributed by atoms with Crippen molar-refractivity contribution < 1.29 is 0 Å². The van der Waals surface area contributed by atoms with Crippen LogP contribution < -0.4 is 10.4 Å². The summed E-state index contributed by atoms with van der Waals surface area (Å²) in [6.07, 6.45) is 6.74. The minimum atomic E-state index is 0.745. The molecule has 0 fully saturated rings. The Morgan fingerprint density at radius 3 is 1.12 bits per heavy atom. The summed E-state index contributed by atoms with van der Waals surface area (Å²) in [4.78, 5) is 16.5. The Labute approximate surface area is 91.8 Å². The number of hydrogen-bond acceptors (Lipinski definition) is 4. The van der Waals surface area contributed by atoms with E-state index in [0.29, 0.717) is 0 Å². The highest BCUT2D eigenvalue weighted by atomic mass is 15.0. The number of nitrogens with zero attached hydrogens (tertiary/aromatic N) is 4. The topological polar surface area (TPSA) is 49.4 Å². The summed E-state index contributed by atoms with van der Waals surface area (Å²) in [6, 6.07) is 7.89. The third-order valence-corrected chi connectivity index (χ3v) is 2.32. The van der Waals surface area contributed by atoms with Crippen molar-refractivity contribution >= 4 is 36.5 Å². The van der Waals surface area contributed by atoms with Crippen molar-refractivity contribution in [1.82, 2.24) is 0 Å². The Kier molecular flexibility index (Phi) is 2.04. The van der Waals surface area contributed by atoms with E-state index in [-0.39, 0.29) is 0 Å². The van der Waals surface area contributed by atoms with Crippen LogP contribution in [0, 0.1) is 0 Å². The van der Waals surface area contributed by atoms with Gasteiger partial charge in [0, 0.05) is 35.3 Å². The first-order valence-electron chi connectivity index (χ1n) is 4.92. The molecule has 0 N–H and O–H groups in total. The van der Waals surface area contributed by atoms with Gasteiger partial charge in [-0.2, -0.15) is 0 Å². The molecule has 0 spiro atoms. The molecule has 2 heterocycles. The van der Waals surface area contributed by atoms with E-state index in [9.17, 15) is 0 Å². The largest absolute Gasteiger partial charge is 0.235 e. The maximum Gasteiger partial charge on any atom is 0.159 e. The molecule has 0 saturated carbocycles. The molecule has 1 aromatic rings. The lowest BCUT2D eigenvalue weighted by atomic mass is 10.2. The van der Waals surface area contributed by atoms with Gasteiger partial charge in [0.2, 0.25) is 0 Å². The number of rotatable bonds is 0. The zero-order valence-electron chi connectivity index (χ0n) is 8.41. The highest BCUT2D eigenvalue weighted by Gasteiger charge is 1.98. The Morgan fingerprint density at radius 1 is 0.500 bits per heavy atom. The van der Waals surface area contributed by atoms with Crippen LogP contribution in [0.4, 0.5) is 0 Å². The molecule has 3 rings (SSSR count). The summed E-state index contributed by atoms with van der Waals surface area (Å²) in [5, 5.41) is 2.00. The van der Waals surface area contributed by atoms with Crippen LogP contribution in [-0.4, -0.2) is 24.9 Å². The van der Waals surface area contributed by atoms with E-state index in [2.05, 4.69) is 20.0 Å². The second kappa shape index (κ2) is 3.66. The lowest BCUT2D eigenvalue weighted by Gasteiger charge is -1.91. The normalized spacial score (nSPS) is 16.8. The second-order valence-electron chi connectivity index (χ2n) is 3.34. The van der Waals surface area contributed by atoms with E-state index >= 15 is 0 Å². The minimum Gasteiger partial charge on any atom is -0.235 e. The van der Waals surface area contributed by atoms with Gasteiger partial charge in [0.15, 0.2) is 11.6 Å². The first kappa shape index (κ1) is 8.91. The Morgan fingerprint density at radius 2 is 0.812 bits per heavy atom. The molecule has 0 unspecified atom stereocenters. The third kappa shape index (κ3) is 1.50. The molecule has 0 amide bonds. The quantitative estimate of drug-likeness (QED) is 0.582. The first-order valence-corrected chi connectivity index (χ1v) is 4.92. The minimum absolute atomic E-state index is 0.745. The predicted octanol–water partition coefficient (Wildman–Crippen LogP) is 0.128. The van der Waals surface area contributed by atoms with Crippen LogP contribution in [0.5, 0.6) is 0 Å². The fourth-order valence-electron chi connectivity index (χ4n) is 1.55. The van der Waals surface area contributed by atoms with Gasteiger partial charge in [-0.25, -0.2) is 20.0 Å². The average molecular weight is 208 g/mol. The van der Waals surface area contributed by atoms with Crippen molar-refractivity contribution in [3.8, 4) is 0 Å². The molecule has 0 atom stereocenters. The molecule has 0 bridgehead atoms. The molecule has 2 aliphatic rings. The van der Waals surface area contributed by atoms with Crippen LogP contribution in [0.1, 0.15) is 0 Å². The monoisotopic (exact) mass is 208 g/mol. The van der Waals surface area contributed by atoms with Gasteiger partial charge in [-0.1, -0.05) is 24.3 Å². The maximum absolute atomic E-state index is 4.14. The van der Waals surface area contributed by atoms with Crippen molar-refractivity contribution in [3.05, 3.63) is 34.7 Å². The highest BCUT2D eigenvalue weighted by Crippen LogP contribution is 2.01. The first-order chi connectivity index (χ1) is 7.93. The van der Waals surface area contributed by atoms with Crippen LogP contribution in [0.2, 0.25) is 0 Å². The number of aliphatic imine (C=N–C) groups is 4. The standard InChI is InChI=1S/C12H8N4/c1-2-10(12-15-7-8-16-12)4-3-9(1)11-13-5-6-14-11/h1-8H. The van der Waals surface area contributed by atoms with Crippen molar-refractivity contribution in [1.29, 1.82) is 0 Å². The van der Waals surface area contributed by atoms with Gasteiger partial charge in [0.25, 0.3) is 0 Å². The zero-order valence-corrected chi connectivity index (χ0v) is 8.41. The predicted molar refractivity (Wildman–Crippen MR) is 66.5 cm³/mol. The van der Waals surface area contributed by atoms with Crippen LogP contribution in [0.15, 0.2) is 44.2 Å². The van der Waals surface area contributed by atoms with Crippen LogP contribution in [0.3, 0.4) is 0 Å². The molecule has 1 aromatic carbocycles. The van der Waals surface area contributed by atoms with Crippen LogP contribution in [0.25, 0.3) is 11.6 Å².